The van der Waals surface area contributed by atoms with Crippen LogP contribution in [-0.4, -0.2) is 52.3 Å². The number of esters is 1. The highest BCUT2D eigenvalue weighted by Crippen LogP contribution is 2.19. The molecule has 124 valence electrons. The lowest BCUT2D eigenvalue weighted by Crippen LogP contribution is -2.38. The van der Waals surface area contributed by atoms with Crippen LogP contribution >= 0.6 is 0 Å². The summed E-state index contributed by atoms with van der Waals surface area (Å²) < 4.78 is 34.8. The highest BCUT2D eigenvalue weighted by molar-refractivity contribution is 7.88. The molecule has 8 heteroatoms. The van der Waals surface area contributed by atoms with E-state index in [1.165, 1.54) is 13.4 Å². The first kappa shape index (κ1) is 17.0. The van der Waals surface area contributed by atoms with Gasteiger partial charge in [0.1, 0.15) is 5.76 Å². The number of hydrogen-bond donors (Lipinski definition) is 1. The molecular weight excluding hydrogens is 308 g/mol. The van der Waals surface area contributed by atoms with Crippen LogP contribution in [0.4, 0.5) is 0 Å². The van der Waals surface area contributed by atoms with Gasteiger partial charge in [-0.25, -0.2) is 17.9 Å². The van der Waals surface area contributed by atoms with Gasteiger partial charge in [0.25, 0.3) is 0 Å². The average molecular weight is 330 g/mol. The molecule has 1 fully saturated rings. The van der Waals surface area contributed by atoms with Gasteiger partial charge in [-0.3, -0.25) is 4.90 Å². The summed E-state index contributed by atoms with van der Waals surface area (Å²) in [5.41, 5.74) is 0. The molecule has 0 aromatic carbocycles. The minimum absolute atomic E-state index is 0.213. The molecule has 1 aliphatic rings. The number of rotatable bonds is 6. The van der Waals surface area contributed by atoms with Crippen LogP contribution in [0.5, 0.6) is 0 Å². The van der Waals surface area contributed by atoms with Crippen molar-refractivity contribution >= 4 is 16.0 Å². The fourth-order valence-corrected chi connectivity index (χ4v) is 3.05. The van der Waals surface area contributed by atoms with E-state index in [0.29, 0.717) is 19.0 Å². The van der Waals surface area contributed by atoms with E-state index in [4.69, 9.17) is 4.42 Å². The molecule has 22 heavy (non-hydrogen) atoms. The van der Waals surface area contributed by atoms with Gasteiger partial charge in [0.2, 0.25) is 15.8 Å². The summed E-state index contributed by atoms with van der Waals surface area (Å²) in [6.45, 7) is 2.90. The van der Waals surface area contributed by atoms with Gasteiger partial charge in [0, 0.05) is 6.54 Å². The molecule has 0 spiro atoms. The number of nitrogens with one attached hydrogen (secondary N) is 1. The number of methoxy groups -OCH3 is 1. The number of ether oxygens (including phenoxy) is 1. The fourth-order valence-electron chi connectivity index (χ4n) is 2.51. The standard InChI is InChI=1S/C14H22N2O5S/c1-20-14(17)13-4-3-12(21-13)10-16-7-5-11(6-8-16)9-15-22(2,18)19/h3-4,11,15H,5-10H2,1-2H3. The Bertz CT molecular complexity index is 603. The molecule has 0 bridgehead atoms. The number of nitrogens with zero attached hydrogens (tertiary/aromatic N) is 1. The maximum Gasteiger partial charge on any atom is 0.373 e. The van der Waals surface area contributed by atoms with E-state index in [1.807, 2.05) is 0 Å². The number of furan rings is 1. The van der Waals surface area contributed by atoms with E-state index in [-0.39, 0.29) is 5.76 Å². The predicted molar refractivity (Wildman–Crippen MR) is 80.9 cm³/mol. The lowest BCUT2D eigenvalue weighted by molar-refractivity contribution is 0.0560. The van der Waals surface area contributed by atoms with Crippen molar-refractivity contribution < 1.29 is 22.4 Å². The Kier molecular flexibility index (Phi) is 5.60. The van der Waals surface area contributed by atoms with Crippen LogP contribution in [0.2, 0.25) is 0 Å². The molecule has 0 atom stereocenters. The number of piperidine rings is 1. The van der Waals surface area contributed by atoms with Crippen molar-refractivity contribution in [2.45, 2.75) is 19.4 Å². The molecule has 0 radical (unpaired) electrons. The summed E-state index contributed by atoms with van der Waals surface area (Å²) in [4.78, 5) is 13.6. The van der Waals surface area contributed by atoms with Gasteiger partial charge in [-0.1, -0.05) is 0 Å². The van der Waals surface area contributed by atoms with Gasteiger partial charge in [-0.05, 0) is 44.0 Å². The van der Waals surface area contributed by atoms with Crippen LogP contribution in [0.1, 0.15) is 29.2 Å². The molecule has 7 nitrogen and oxygen atoms in total. The number of carbonyl (C=O) groups is 1. The second-order valence-electron chi connectivity index (χ2n) is 5.60. The van der Waals surface area contributed by atoms with Crippen molar-refractivity contribution in [3.8, 4) is 0 Å². The maximum atomic E-state index is 11.3. The van der Waals surface area contributed by atoms with Crippen molar-refractivity contribution in [3.63, 3.8) is 0 Å². The van der Waals surface area contributed by atoms with Crippen molar-refractivity contribution in [2.75, 3.05) is 33.0 Å². The van der Waals surface area contributed by atoms with E-state index in [1.54, 1.807) is 12.1 Å². The summed E-state index contributed by atoms with van der Waals surface area (Å²) in [7, 11) is -1.80. The van der Waals surface area contributed by atoms with Crippen LogP contribution in [0, 0.1) is 5.92 Å². The molecular formula is C14H22N2O5S. The van der Waals surface area contributed by atoms with Crippen LogP contribution in [0.15, 0.2) is 16.5 Å². The second-order valence-corrected chi connectivity index (χ2v) is 7.43. The molecule has 1 aliphatic heterocycles. The topological polar surface area (TPSA) is 88.9 Å². The van der Waals surface area contributed by atoms with Gasteiger partial charge in [-0.15, -0.1) is 0 Å². The zero-order valence-electron chi connectivity index (χ0n) is 12.9. The van der Waals surface area contributed by atoms with E-state index in [9.17, 15) is 13.2 Å². The average Bonchev–Trinajstić information content (AvgIpc) is 2.93. The van der Waals surface area contributed by atoms with Gasteiger partial charge < -0.3 is 9.15 Å². The smallest absolute Gasteiger partial charge is 0.373 e. The number of likely N-dealkylation sites (tertiary alicyclic amines) is 1. The summed E-state index contributed by atoms with van der Waals surface area (Å²) in [6.07, 6.45) is 3.05. The molecule has 1 aromatic rings. The molecule has 2 rings (SSSR count). The Labute approximate surface area is 130 Å². The Morgan fingerprint density at radius 1 is 1.41 bits per heavy atom. The van der Waals surface area contributed by atoms with E-state index < -0.39 is 16.0 Å². The number of carbonyl (C=O) groups excluding carboxylic acids is 1. The first-order chi connectivity index (χ1) is 10.4. The van der Waals surface area contributed by atoms with Crippen molar-refractivity contribution in [2.24, 2.45) is 5.92 Å². The first-order valence-corrected chi connectivity index (χ1v) is 9.10. The molecule has 0 unspecified atom stereocenters. The SMILES string of the molecule is COC(=O)c1ccc(CN2CCC(CNS(C)(=O)=O)CC2)o1. The monoisotopic (exact) mass is 330 g/mol. The summed E-state index contributed by atoms with van der Waals surface area (Å²) >= 11 is 0. The van der Waals surface area contributed by atoms with Gasteiger partial charge in [0.05, 0.1) is 19.9 Å². The molecule has 1 N–H and O–H groups in total. The number of sulfonamides is 1. The minimum Gasteiger partial charge on any atom is -0.463 e. The molecule has 1 saturated heterocycles. The third-order valence-corrected chi connectivity index (χ3v) is 4.46. The zero-order valence-corrected chi connectivity index (χ0v) is 13.7. The Balaban J connectivity index is 1.77. The zero-order chi connectivity index (χ0) is 16.2. The van der Waals surface area contributed by atoms with Crippen LogP contribution in [0.3, 0.4) is 0 Å². The fraction of sp³-hybridized carbons (Fsp3) is 0.643. The van der Waals surface area contributed by atoms with Crippen LogP contribution in [0.25, 0.3) is 0 Å². The molecule has 2 heterocycles. The largest absolute Gasteiger partial charge is 0.463 e. The Morgan fingerprint density at radius 2 is 2.09 bits per heavy atom. The van der Waals surface area contributed by atoms with Crippen LogP contribution < -0.4 is 4.72 Å². The lowest BCUT2D eigenvalue weighted by Gasteiger charge is -2.31. The summed E-state index contributed by atoms with van der Waals surface area (Å²) in [5, 5.41) is 0. The third-order valence-electron chi connectivity index (χ3n) is 3.77. The van der Waals surface area contributed by atoms with Crippen molar-refractivity contribution in [1.82, 2.24) is 9.62 Å². The summed E-state index contributed by atoms with van der Waals surface area (Å²) in [5.74, 6) is 0.836. The van der Waals surface area contributed by atoms with Crippen molar-refractivity contribution in [3.05, 3.63) is 23.7 Å². The number of hydrogen-bond acceptors (Lipinski definition) is 6. The first-order valence-electron chi connectivity index (χ1n) is 7.21. The molecule has 0 amide bonds. The molecule has 0 saturated carbocycles. The van der Waals surface area contributed by atoms with E-state index in [0.717, 1.165) is 31.7 Å². The Hall–Kier alpha value is -1.38. The Morgan fingerprint density at radius 3 is 2.68 bits per heavy atom. The van der Waals surface area contributed by atoms with Crippen molar-refractivity contribution in [1.29, 1.82) is 0 Å². The molecule has 0 aliphatic carbocycles. The maximum absolute atomic E-state index is 11.3. The predicted octanol–water partition coefficient (Wildman–Crippen LogP) is 0.827. The lowest BCUT2D eigenvalue weighted by atomic mass is 9.97. The quantitative estimate of drug-likeness (QED) is 0.777. The highest BCUT2D eigenvalue weighted by atomic mass is 32.2. The van der Waals surface area contributed by atoms with Gasteiger partial charge in [0.15, 0.2) is 0 Å². The molecule has 1 aromatic heterocycles. The van der Waals surface area contributed by atoms with Gasteiger partial charge in [-0.2, -0.15) is 0 Å². The second kappa shape index (κ2) is 7.26. The van der Waals surface area contributed by atoms with E-state index in [2.05, 4.69) is 14.4 Å². The van der Waals surface area contributed by atoms with E-state index >= 15 is 0 Å². The summed E-state index contributed by atoms with van der Waals surface area (Å²) in [6, 6.07) is 3.40. The minimum atomic E-state index is -3.12. The normalized spacial score (nSPS) is 17.5. The van der Waals surface area contributed by atoms with Crippen LogP contribution in [-0.2, 0) is 21.3 Å². The third kappa shape index (κ3) is 5.11. The van der Waals surface area contributed by atoms with Gasteiger partial charge >= 0.3 is 5.97 Å². The highest BCUT2D eigenvalue weighted by Gasteiger charge is 2.21.